The largest absolute Gasteiger partial charge is 0.489 e. The summed E-state index contributed by atoms with van der Waals surface area (Å²) in [5.74, 6) is -1.58. The van der Waals surface area contributed by atoms with E-state index in [1.54, 1.807) is 73.7 Å². The van der Waals surface area contributed by atoms with Gasteiger partial charge in [-0.05, 0) is 55.0 Å². The minimum atomic E-state index is -0.927. The minimum absolute atomic E-state index is 0.107. The van der Waals surface area contributed by atoms with Gasteiger partial charge >= 0.3 is 11.8 Å². The number of nitrogens with zero attached hydrogens (tertiary/aromatic N) is 1. The van der Waals surface area contributed by atoms with Crippen LogP contribution in [-0.2, 0) is 16.2 Å². The summed E-state index contributed by atoms with van der Waals surface area (Å²) in [6.45, 7) is 1.79. The van der Waals surface area contributed by atoms with Gasteiger partial charge in [-0.15, -0.1) is 0 Å². The molecule has 0 spiro atoms. The van der Waals surface area contributed by atoms with Crippen LogP contribution in [0.3, 0.4) is 0 Å². The van der Waals surface area contributed by atoms with Crippen molar-refractivity contribution >= 4 is 34.8 Å². The van der Waals surface area contributed by atoms with Crippen LogP contribution in [-0.4, -0.2) is 17.5 Å². The zero-order valence-electron chi connectivity index (χ0n) is 16.6. The molecular weight excluding hydrogens is 421 g/mol. The van der Waals surface area contributed by atoms with E-state index in [9.17, 15) is 14.0 Å². The molecule has 0 saturated heterocycles. The van der Waals surface area contributed by atoms with Crippen LogP contribution in [0.15, 0.2) is 77.9 Å². The minimum Gasteiger partial charge on any atom is -0.489 e. The third kappa shape index (κ3) is 6.13. The maximum atomic E-state index is 13.6. The number of para-hydroxylation sites is 1. The van der Waals surface area contributed by atoms with E-state index < -0.39 is 11.8 Å². The van der Waals surface area contributed by atoms with Gasteiger partial charge in [-0.3, -0.25) is 9.59 Å². The molecule has 31 heavy (non-hydrogen) atoms. The lowest BCUT2D eigenvalue weighted by Gasteiger charge is -2.08. The molecule has 3 aromatic carbocycles. The predicted molar refractivity (Wildman–Crippen MR) is 118 cm³/mol. The van der Waals surface area contributed by atoms with Crippen LogP contribution < -0.4 is 15.5 Å². The van der Waals surface area contributed by atoms with Gasteiger partial charge in [0, 0.05) is 5.56 Å². The second-order valence-corrected chi connectivity index (χ2v) is 6.88. The summed E-state index contributed by atoms with van der Waals surface area (Å²) in [5.41, 5.74) is 4.20. The van der Waals surface area contributed by atoms with Crippen molar-refractivity contribution in [2.24, 2.45) is 5.10 Å². The molecule has 0 aliphatic carbocycles. The van der Waals surface area contributed by atoms with E-state index >= 15 is 0 Å². The van der Waals surface area contributed by atoms with Crippen molar-refractivity contribution in [2.75, 3.05) is 5.32 Å². The van der Waals surface area contributed by atoms with Gasteiger partial charge in [-0.1, -0.05) is 41.9 Å². The van der Waals surface area contributed by atoms with Crippen molar-refractivity contribution in [2.45, 2.75) is 13.5 Å². The molecule has 0 atom stereocenters. The Morgan fingerprint density at radius 1 is 0.968 bits per heavy atom. The third-order valence-corrected chi connectivity index (χ3v) is 4.61. The van der Waals surface area contributed by atoms with Gasteiger partial charge in [-0.2, -0.15) is 5.10 Å². The first-order valence-corrected chi connectivity index (χ1v) is 9.68. The molecule has 2 amide bonds. The van der Waals surface area contributed by atoms with Gasteiger partial charge in [0.25, 0.3) is 0 Å². The first-order valence-electron chi connectivity index (χ1n) is 9.31. The van der Waals surface area contributed by atoms with E-state index in [-0.39, 0.29) is 12.4 Å². The highest BCUT2D eigenvalue weighted by Gasteiger charge is 2.14. The summed E-state index contributed by atoms with van der Waals surface area (Å²) < 4.78 is 19.2. The van der Waals surface area contributed by atoms with Gasteiger partial charge in [0.15, 0.2) is 0 Å². The Morgan fingerprint density at radius 2 is 1.65 bits per heavy atom. The van der Waals surface area contributed by atoms with Crippen molar-refractivity contribution in [1.82, 2.24) is 5.43 Å². The molecule has 3 aromatic rings. The molecule has 0 unspecified atom stereocenters. The van der Waals surface area contributed by atoms with Crippen LogP contribution in [0, 0.1) is 5.82 Å². The van der Waals surface area contributed by atoms with Crippen LogP contribution >= 0.6 is 11.6 Å². The molecule has 0 heterocycles. The summed E-state index contributed by atoms with van der Waals surface area (Å²) in [5, 5.41) is 6.68. The van der Waals surface area contributed by atoms with Gasteiger partial charge in [0.05, 0.1) is 16.4 Å². The molecule has 0 fully saturated rings. The molecule has 0 aliphatic heterocycles. The zero-order valence-corrected chi connectivity index (χ0v) is 17.3. The van der Waals surface area contributed by atoms with Gasteiger partial charge in [0.1, 0.15) is 18.2 Å². The zero-order chi connectivity index (χ0) is 22.2. The third-order valence-electron chi connectivity index (χ3n) is 4.28. The van der Waals surface area contributed by atoms with Crippen molar-refractivity contribution in [3.05, 3.63) is 94.8 Å². The number of anilines is 1. The Kier molecular flexibility index (Phi) is 7.35. The smallest absolute Gasteiger partial charge is 0.329 e. The number of rotatable bonds is 6. The number of carbonyl (C=O) groups excluding carboxylic acids is 2. The van der Waals surface area contributed by atoms with E-state index in [1.165, 1.54) is 6.07 Å². The van der Waals surface area contributed by atoms with E-state index in [2.05, 4.69) is 15.8 Å². The second kappa shape index (κ2) is 10.4. The number of hydrogen-bond acceptors (Lipinski definition) is 4. The fraction of sp³-hybridized carbons (Fsp3) is 0.0870. The molecule has 0 radical (unpaired) electrons. The Balaban J connectivity index is 1.55. The topological polar surface area (TPSA) is 79.8 Å². The Hall–Kier alpha value is -3.71. The standard InChI is InChI=1S/C23H19ClFN3O3/c1-15(27-28-23(30)22(29)26-21-9-5-3-7-19(21)24)16-10-12-18(13-11-16)31-14-17-6-2-4-8-20(17)25/h2-13H,14H2,1H3,(H,26,29)(H,28,30)/b27-15+. The summed E-state index contributed by atoms with van der Waals surface area (Å²) >= 11 is 5.96. The van der Waals surface area contributed by atoms with E-state index in [0.29, 0.717) is 33.3 Å². The van der Waals surface area contributed by atoms with E-state index in [0.717, 1.165) is 0 Å². The molecule has 158 valence electrons. The molecule has 0 aromatic heterocycles. The van der Waals surface area contributed by atoms with Gasteiger partial charge in [-0.25, -0.2) is 9.82 Å². The molecule has 8 heteroatoms. The Bertz CT molecular complexity index is 1120. The van der Waals surface area contributed by atoms with Crippen LogP contribution in [0.4, 0.5) is 10.1 Å². The second-order valence-electron chi connectivity index (χ2n) is 6.48. The number of nitrogens with one attached hydrogen (secondary N) is 2. The quantitative estimate of drug-likeness (QED) is 0.336. The van der Waals surface area contributed by atoms with Crippen molar-refractivity contribution in [1.29, 1.82) is 0 Å². The van der Waals surface area contributed by atoms with Crippen LogP contribution in [0.2, 0.25) is 5.02 Å². The predicted octanol–water partition coefficient (Wildman–Crippen LogP) is 4.54. The molecule has 0 saturated carbocycles. The lowest BCUT2D eigenvalue weighted by atomic mass is 10.1. The number of ether oxygens (including phenoxy) is 1. The highest BCUT2D eigenvalue weighted by Crippen LogP contribution is 2.20. The lowest BCUT2D eigenvalue weighted by Crippen LogP contribution is -2.33. The summed E-state index contributed by atoms with van der Waals surface area (Å²) in [6, 6.07) is 19.9. The first kappa shape index (κ1) is 22.0. The first-order chi connectivity index (χ1) is 14.9. The molecule has 0 aliphatic rings. The lowest BCUT2D eigenvalue weighted by molar-refractivity contribution is -0.136. The van der Waals surface area contributed by atoms with Crippen molar-refractivity contribution in [3.8, 4) is 5.75 Å². The number of hydrazone groups is 1. The summed E-state index contributed by atoms with van der Waals surface area (Å²) in [7, 11) is 0. The van der Waals surface area contributed by atoms with Gasteiger partial charge < -0.3 is 10.1 Å². The SMILES string of the molecule is C/C(=N\NC(=O)C(=O)Nc1ccccc1Cl)c1ccc(OCc2ccccc2F)cc1. The highest BCUT2D eigenvalue weighted by molar-refractivity contribution is 6.41. The molecule has 3 rings (SSSR count). The number of hydrogen-bond donors (Lipinski definition) is 2. The van der Waals surface area contributed by atoms with Crippen molar-refractivity contribution < 1.29 is 18.7 Å². The van der Waals surface area contributed by atoms with Crippen molar-refractivity contribution in [3.63, 3.8) is 0 Å². The maximum absolute atomic E-state index is 13.6. The maximum Gasteiger partial charge on any atom is 0.329 e. The summed E-state index contributed by atoms with van der Waals surface area (Å²) in [4.78, 5) is 23.9. The summed E-state index contributed by atoms with van der Waals surface area (Å²) in [6.07, 6.45) is 0. The molecule has 0 bridgehead atoms. The molecule has 6 nitrogen and oxygen atoms in total. The number of carbonyl (C=O) groups is 2. The number of halogens is 2. The number of benzene rings is 3. The van der Waals surface area contributed by atoms with Crippen LogP contribution in [0.1, 0.15) is 18.1 Å². The fourth-order valence-electron chi connectivity index (χ4n) is 2.56. The normalized spacial score (nSPS) is 11.0. The van der Waals surface area contributed by atoms with Gasteiger partial charge in [0.2, 0.25) is 0 Å². The highest BCUT2D eigenvalue weighted by atomic mass is 35.5. The van der Waals surface area contributed by atoms with E-state index in [4.69, 9.17) is 16.3 Å². The average molecular weight is 440 g/mol. The van der Waals surface area contributed by atoms with E-state index in [1.807, 2.05) is 0 Å². The monoisotopic (exact) mass is 439 g/mol. The molecule has 2 N–H and O–H groups in total. The average Bonchev–Trinajstić information content (AvgIpc) is 2.78. The Morgan fingerprint density at radius 3 is 2.35 bits per heavy atom. The number of amides is 2. The molecular formula is C23H19ClFN3O3. The van der Waals surface area contributed by atoms with Crippen LogP contribution in [0.5, 0.6) is 5.75 Å². The van der Waals surface area contributed by atoms with Crippen LogP contribution in [0.25, 0.3) is 0 Å². The fourth-order valence-corrected chi connectivity index (χ4v) is 2.74. The Labute approximate surface area is 183 Å².